The summed E-state index contributed by atoms with van der Waals surface area (Å²) in [4.78, 5) is 22.3. The molecule has 2 aromatic heterocycles. The van der Waals surface area contributed by atoms with Gasteiger partial charge in [-0.3, -0.25) is 0 Å². The highest BCUT2D eigenvalue weighted by Gasteiger charge is 2.14. The van der Waals surface area contributed by atoms with Gasteiger partial charge in [-0.1, -0.05) is 155 Å². The van der Waals surface area contributed by atoms with E-state index in [1.54, 1.807) is 18.2 Å². The van der Waals surface area contributed by atoms with Crippen LogP contribution in [0.25, 0.3) is 0 Å². The lowest BCUT2D eigenvalue weighted by molar-refractivity contribution is 0.0333. The number of aromatic carboxylic acids is 1. The molecule has 0 saturated heterocycles. The number of carboxylic acid groups (broad SMARTS) is 1. The molecule has 52 heavy (non-hydrogen) atoms. The molecule has 302 valence electrons. The molecule has 0 spiro atoms. The standard InChI is InChI=1S/C22H38O4.C19H32O4.CH2Cl2/c1-4-5-6-7-8-9-10-11-12-13-14-15-18-24-21-17-16-20(26-21)22(23)25-19(2)3;1-2-3-4-5-6-7-8-9-10-11-12-13-16-22-18-15-14-17(23-18)19(20)21;2-1-3/h16-17,19H,4-15,18H2,1-3H3;14-15H,2-13,16H2,1H3,(H,20,21);1H2. The first-order valence-corrected chi connectivity index (χ1v) is 21.4. The van der Waals surface area contributed by atoms with Crippen LogP contribution < -0.4 is 9.47 Å². The second-order valence-electron chi connectivity index (χ2n) is 13.6. The number of alkyl halides is 2. The van der Waals surface area contributed by atoms with Gasteiger partial charge in [0, 0.05) is 12.1 Å². The minimum Gasteiger partial charge on any atom is -0.475 e. The zero-order chi connectivity index (χ0) is 38.5. The molecule has 0 saturated carbocycles. The van der Waals surface area contributed by atoms with Crippen LogP contribution in [0.3, 0.4) is 0 Å². The molecule has 0 aromatic carbocycles. The molecular formula is C42H72Cl2O8. The van der Waals surface area contributed by atoms with E-state index in [4.69, 9.17) is 51.4 Å². The molecule has 10 heteroatoms. The maximum Gasteiger partial charge on any atom is 0.374 e. The molecule has 2 heterocycles. The van der Waals surface area contributed by atoms with Crippen molar-refractivity contribution in [2.45, 2.75) is 188 Å². The number of rotatable bonds is 31. The Kier molecular flexibility index (Phi) is 35.4. The third-order valence-electron chi connectivity index (χ3n) is 8.40. The van der Waals surface area contributed by atoms with Gasteiger partial charge >= 0.3 is 11.9 Å². The first kappa shape index (κ1) is 49.7. The summed E-state index contributed by atoms with van der Waals surface area (Å²) in [5.74, 6) is -0.697. The Morgan fingerprint density at radius 2 is 0.865 bits per heavy atom. The number of unbranched alkanes of at least 4 members (excludes halogenated alkanes) is 22. The van der Waals surface area contributed by atoms with Crippen molar-refractivity contribution in [2.75, 3.05) is 18.6 Å². The van der Waals surface area contributed by atoms with Crippen LogP contribution >= 0.6 is 23.2 Å². The van der Waals surface area contributed by atoms with Crippen molar-refractivity contribution in [3.8, 4) is 11.9 Å². The van der Waals surface area contributed by atoms with E-state index in [1.807, 2.05) is 13.8 Å². The van der Waals surface area contributed by atoms with Gasteiger partial charge in [-0.2, -0.15) is 0 Å². The van der Waals surface area contributed by atoms with E-state index in [1.165, 1.54) is 141 Å². The second-order valence-corrected chi connectivity index (χ2v) is 14.4. The van der Waals surface area contributed by atoms with E-state index in [9.17, 15) is 9.59 Å². The molecule has 2 aromatic rings. The third-order valence-corrected chi connectivity index (χ3v) is 8.40. The monoisotopic (exact) mass is 774 g/mol. The molecule has 8 nitrogen and oxygen atoms in total. The molecular weight excluding hydrogens is 703 g/mol. The average molecular weight is 776 g/mol. The Hall–Kier alpha value is -2.32. The largest absolute Gasteiger partial charge is 0.475 e. The number of carbonyl (C=O) groups excluding carboxylic acids is 1. The van der Waals surface area contributed by atoms with Crippen LogP contribution in [-0.4, -0.2) is 41.7 Å². The predicted molar refractivity (Wildman–Crippen MR) is 215 cm³/mol. The zero-order valence-electron chi connectivity index (χ0n) is 33.0. The fourth-order valence-electron chi connectivity index (χ4n) is 5.52. The van der Waals surface area contributed by atoms with E-state index in [-0.39, 0.29) is 23.0 Å². The lowest BCUT2D eigenvalue weighted by Gasteiger charge is -2.05. The van der Waals surface area contributed by atoms with Crippen molar-refractivity contribution in [3.05, 3.63) is 35.8 Å². The zero-order valence-corrected chi connectivity index (χ0v) is 34.6. The fourth-order valence-corrected chi connectivity index (χ4v) is 5.52. The molecule has 0 aliphatic carbocycles. The predicted octanol–water partition coefficient (Wildman–Crippen LogP) is 14.4. The van der Waals surface area contributed by atoms with Crippen LogP contribution in [0.5, 0.6) is 11.9 Å². The maximum atomic E-state index is 11.7. The Bertz CT molecular complexity index is 1070. The van der Waals surface area contributed by atoms with Crippen molar-refractivity contribution in [1.29, 1.82) is 0 Å². The first-order chi connectivity index (χ1) is 25.3. The number of esters is 1. The van der Waals surface area contributed by atoms with Gasteiger partial charge in [0.05, 0.1) is 24.7 Å². The topological polar surface area (TPSA) is 108 Å². The number of hydrogen-bond donors (Lipinski definition) is 1. The van der Waals surface area contributed by atoms with Gasteiger partial charge in [-0.05, 0) is 38.8 Å². The summed E-state index contributed by atoms with van der Waals surface area (Å²) in [6.07, 6.45) is 31.4. The molecule has 0 radical (unpaired) electrons. The van der Waals surface area contributed by atoms with Gasteiger partial charge in [-0.25, -0.2) is 9.59 Å². The van der Waals surface area contributed by atoms with Crippen LogP contribution in [0.2, 0.25) is 0 Å². The number of furan rings is 2. The molecule has 0 bridgehead atoms. The van der Waals surface area contributed by atoms with Gasteiger partial charge in [0.2, 0.25) is 11.5 Å². The molecule has 1 N–H and O–H groups in total. The Morgan fingerprint density at radius 1 is 0.558 bits per heavy atom. The molecule has 2 rings (SSSR count). The number of hydrogen-bond acceptors (Lipinski definition) is 7. The van der Waals surface area contributed by atoms with Gasteiger partial charge in [0.25, 0.3) is 11.9 Å². The summed E-state index contributed by atoms with van der Waals surface area (Å²) in [7, 11) is 0. The minimum absolute atomic E-state index is 0.0744. The first-order valence-electron chi connectivity index (χ1n) is 20.3. The summed E-state index contributed by atoms with van der Waals surface area (Å²) in [6, 6.07) is 6.25. The Labute approximate surface area is 326 Å². The quantitative estimate of drug-likeness (QED) is 0.0458. The van der Waals surface area contributed by atoms with E-state index >= 15 is 0 Å². The summed E-state index contributed by atoms with van der Waals surface area (Å²) in [5, 5.41) is 8.93. The smallest absolute Gasteiger partial charge is 0.374 e. The SMILES string of the molecule is CCCCCCCCCCCCCCOc1ccc(C(=O)O)o1.CCCCCCCCCCCCCCOc1ccc(C(=O)OC(C)C)o1.ClCCl. The summed E-state index contributed by atoms with van der Waals surface area (Å²) >= 11 is 9.53. The lowest BCUT2D eigenvalue weighted by atomic mass is 10.1. The highest BCUT2D eigenvalue weighted by Crippen LogP contribution is 2.19. The van der Waals surface area contributed by atoms with Crippen molar-refractivity contribution in [1.82, 2.24) is 0 Å². The molecule has 0 unspecified atom stereocenters. The maximum absolute atomic E-state index is 11.7. The van der Waals surface area contributed by atoms with Crippen LogP contribution in [0.4, 0.5) is 0 Å². The molecule has 0 amide bonds. The van der Waals surface area contributed by atoms with Crippen molar-refractivity contribution in [3.63, 3.8) is 0 Å². The van der Waals surface area contributed by atoms with Crippen LogP contribution in [0.1, 0.15) is 203 Å². The Balaban J connectivity index is 0.000000935. The second kappa shape index (κ2) is 37.0. The molecule has 0 atom stereocenters. The van der Waals surface area contributed by atoms with Gasteiger partial charge in [-0.15, -0.1) is 23.2 Å². The molecule has 0 aliphatic heterocycles. The number of halogens is 2. The van der Waals surface area contributed by atoms with Gasteiger partial charge < -0.3 is 28.2 Å². The van der Waals surface area contributed by atoms with Crippen molar-refractivity contribution < 1.29 is 37.7 Å². The van der Waals surface area contributed by atoms with Crippen molar-refractivity contribution >= 4 is 35.1 Å². The van der Waals surface area contributed by atoms with E-state index < -0.39 is 11.9 Å². The summed E-state index contributed by atoms with van der Waals surface area (Å²) in [5.41, 5.74) is 0. The molecule has 0 fully saturated rings. The van der Waals surface area contributed by atoms with Gasteiger partial charge in [0.1, 0.15) is 0 Å². The van der Waals surface area contributed by atoms with E-state index in [0.29, 0.717) is 25.1 Å². The number of ether oxygens (including phenoxy) is 3. The van der Waals surface area contributed by atoms with Crippen LogP contribution in [-0.2, 0) is 4.74 Å². The normalized spacial score (nSPS) is 10.7. The lowest BCUT2D eigenvalue weighted by Crippen LogP contribution is -2.10. The molecule has 0 aliphatic rings. The highest BCUT2D eigenvalue weighted by atomic mass is 35.5. The third kappa shape index (κ3) is 31.2. The van der Waals surface area contributed by atoms with E-state index in [2.05, 4.69) is 13.8 Å². The van der Waals surface area contributed by atoms with Crippen LogP contribution in [0, 0.1) is 0 Å². The highest BCUT2D eigenvalue weighted by molar-refractivity contribution is 6.40. The number of carboxylic acids is 1. The summed E-state index contributed by atoms with van der Waals surface area (Å²) in [6.45, 7) is 9.36. The average Bonchev–Trinajstić information content (AvgIpc) is 3.80. The van der Waals surface area contributed by atoms with Gasteiger partial charge in [0.15, 0.2) is 0 Å². The summed E-state index contributed by atoms with van der Waals surface area (Å²) < 4.78 is 26.4. The van der Waals surface area contributed by atoms with Crippen molar-refractivity contribution in [2.24, 2.45) is 0 Å². The van der Waals surface area contributed by atoms with E-state index in [0.717, 1.165) is 19.3 Å². The Morgan fingerprint density at radius 3 is 1.17 bits per heavy atom. The number of carbonyl (C=O) groups is 2. The fraction of sp³-hybridized carbons (Fsp3) is 0.762. The van der Waals surface area contributed by atoms with Crippen LogP contribution in [0.15, 0.2) is 33.1 Å². The minimum atomic E-state index is -1.06.